The highest BCUT2D eigenvalue weighted by atomic mass is 32.2. The van der Waals surface area contributed by atoms with Gasteiger partial charge in [0.25, 0.3) is 0 Å². The van der Waals surface area contributed by atoms with E-state index in [1.54, 1.807) is 18.2 Å². The van der Waals surface area contributed by atoms with Gasteiger partial charge >= 0.3 is 0 Å². The van der Waals surface area contributed by atoms with Crippen LogP contribution in [0.4, 0.5) is 5.69 Å². The number of hydrogen-bond acceptors (Lipinski definition) is 6. The highest BCUT2D eigenvalue weighted by Crippen LogP contribution is 2.19. The van der Waals surface area contributed by atoms with Gasteiger partial charge in [-0.25, -0.2) is 13.4 Å². The zero-order valence-electron chi connectivity index (χ0n) is 10.3. The summed E-state index contributed by atoms with van der Waals surface area (Å²) < 4.78 is 39.1. The molecule has 0 bridgehead atoms. The van der Waals surface area contributed by atoms with Crippen molar-refractivity contribution < 1.29 is 17.0 Å². The molecule has 2 aromatic rings. The molecule has 0 saturated carbocycles. The summed E-state index contributed by atoms with van der Waals surface area (Å²) in [5.41, 5.74) is 7.36. The van der Waals surface area contributed by atoms with E-state index in [0.29, 0.717) is 22.7 Å². The van der Waals surface area contributed by atoms with E-state index in [1.165, 1.54) is 0 Å². The largest absolute Gasteiger partial charge is 0.440 e. The Labute approximate surface area is 113 Å². The predicted molar refractivity (Wildman–Crippen MR) is 74.8 cm³/mol. The van der Waals surface area contributed by atoms with E-state index >= 15 is 0 Å². The number of oxazole rings is 1. The van der Waals surface area contributed by atoms with Crippen LogP contribution in [0.5, 0.6) is 0 Å². The molecule has 0 spiro atoms. The summed E-state index contributed by atoms with van der Waals surface area (Å²) in [5, 5.41) is 0. The number of nitrogens with two attached hydrogens (primary N) is 1. The van der Waals surface area contributed by atoms with Gasteiger partial charge in [0, 0.05) is 34.6 Å². The van der Waals surface area contributed by atoms with Crippen LogP contribution in [0.15, 0.2) is 22.6 Å². The van der Waals surface area contributed by atoms with Crippen LogP contribution < -0.4 is 5.73 Å². The lowest BCUT2D eigenvalue weighted by Gasteiger charge is -1.97. The number of hydrogen-bond donors (Lipinski definition) is 1. The molecule has 1 heterocycles. The van der Waals surface area contributed by atoms with Crippen LogP contribution in [0.25, 0.3) is 11.1 Å². The number of fused-ring (bicyclic) bond motifs is 1. The molecule has 0 aliphatic carbocycles. The van der Waals surface area contributed by atoms with Crippen molar-refractivity contribution in [3.05, 3.63) is 24.1 Å². The highest BCUT2D eigenvalue weighted by Gasteiger charge is 2.12. The molecule has 6 nitrogen and oxygen atoms in total. The van der Waals surface area contributed by atoms with E-state index in [4.69, 9.17) is 10.2 Å². The molecular formula is C11H14N2O4S2. The summed E-state index contributed by atoms with van der Waals surface area (Å²) in [5.74, 6) is 0.406. The third-order valence-electron chi connectivity index (χ3n) is 2.42. The summed E-state index contributed by atoms with van der Waals surface area (Å²) in [6.07, 6.45) is 1.12. The number of rotatable bonds is 5. The van der Waals surface area contributed by atoms with Gasteiger partial charge in [-0.2, -0.15) is 0 Å². The van der Waals surface area contributed by atoms with E-state index in [2.05, 4.69) is 4.98 Å². The molecular weight excluding hydrogens is 288 g/mol. The van der Waals surface area contributed by atoms with Crippen molar-refractivity contribution in [1.82, 2.24) is 4.98 Å². The van der Waals surface area contributed by atoms with E-state index in [-0.39, 0.29) is 17.3 Å². The lowest BCUT2D eigenvalue weighted by Crippen LogP contribution is -2.12. The Bertz CT molecular complexity index is 721. The summed E-state index contributed by atoms with van der Waals surface area (Å²) in [4.78, 5) is 4.17. The lowest BCUT2D eigenvalue weighted by atomic mass is 10.3. The first kappa shape index (κ1) is 14.0. The summed E-state index contributed by atoms with van der Waals surface area (Å²) >= 11 is 0. The molecule has 0 saturated heterocycles. The normalized spacial score (nSPS) is 13.7. The number of benzene rings is 1. The number of anilines is 1. The average Bonchev–Trinajstić information content (AvgIpc) is 2.66. The van der Waals surface area contributed by atoms with E-state index in [0.717, 1.165) is 6.26 Å². The quantitative estimate of drug-likeness (QED) is 0.816. The van der Waals surface area contributed by atoms with E-state index < -0.39 is 20.6 Å². The Balaban J connectivity index is 2.07. The zero-order valence-corrected chi connectivity index (χ0v) is 12.0. The molecule has 0 aliphatic rings. The van der Waals surface area contributed by atoms with Crippen molar-refractivity contribution in [3.63, 3.8) is 0 Å². The molecule has 1 aromatic heterocycles. The SMILES string of the molecule is CS(=O)(=O)CCS(=O)Cc1nc2ccc(N)cc2o1. The molecule has 0 radical (unpaired) electrons. The van der Waals surface area contributed by atoms with Gasteiger partial charge in [0.05, 0.1) is 5.75 Å². The van der Waals surface area contributed by atoms with Crippen LogP contribution in [0.2, 0.25) is 0 Å². The molecule has 2 N–H and O–H groups in total. The molecule has 0 fully saturated rings. The zero-order chi connectivity index (χ0) is 14.0. The minimum Gasteiger partial charge on any atom is -0.440 e. The molecule has 1 aromatic carbocycles. The molecule has 1 unspecified atom stereocenters. The molecule has 1 atom stereocenters. The molecule has 0 amide bonds. The van der Waals surface area contributed by atoms with Crippen LogP contribution >= 0.6 is 0 Å². The highest BCUT2D eigenvalue weighted by molar-refractivity contribution is 7.92. The first-order valence-corrected chi connectivity index (χ1v) is 9.06. The lowest BCUT2D eigenvalue weighted by molar-refractivity contribution is 0.552. The van der Waals surface area contributed by atoms with Gasteiger partial charge in [0.2, 0.25) is 5.89 Å². The molecule has 2 rings (SSSR count). The van der Waals surface area contributed by atoms with Crippen LogP contribution in [0.3, 0.4) is 0 Å². The Hall–Kier alpha value is -1.41. The Morgan fingerprint density at radius 1 is 1.42 bits per heavy atom. The van der Waals surface area contributed by atoms with Gasteiger partial charge in [-0.15, -0.1) is 0 Å². The van der Waals surface area contributed by atoms with Gasteiger partial charge in [-0.05, 0) is 12.1 Å². The maximum Gasteiger partial charge on any atom is 0.208 e. The maximum absolute atomic E-state index is 11.7. The van der Waals surface area contributed by atoms with Gasteiger partial charge in [-0.3, -0.25) is 4.21 Å². The fourth-order valence-electron chi connectivity index (χ4n) is 1.50. The van der Waals surface area contributed by atoms with Crippen molar-refractivity contribution in [2.75, 3.05) is 23.5 Å². The Morgan fingerprint density at radius 3 is 2.84 bits per heavy atom. The number of sulfone groups is 1. The smallest absolute Gasteiger partial charge is 0.208 e. The van der Waals surface area contributed by atoms with Crippen molar-refractivity contribution in [3.8, 4) is 0 Å². The minimum absolute atomic E-state index is 0.0830. The van der Waals surface area contributed by atoms with Crippen LogP contribution in [-0.2, 0) is 26.4 Å². The monoisotopic (exact) mass is 302 g/mol. The minimum atomic E-state index is -3.10. The second kappa shape index (κ2) is 5.30. The third kappa shape index (κ3) is 4.03. The second-order valence-electron chi connectivity index (χ2n) is 4.25. The molecule has 0 aliphatic heterocycles. The second-order valence-corrected chi connectivity index (χ2v) is 8.09. The first-order chi connectivity index (χ1) is 8.83. The fourth-order valence-corrected chi connectivity index (χ4v) is 4.00. The Kier molecular flexibility index (Phi) is 3.91. The van der Waals surface area contributed by atoms with Crippen LogP contribution in [0.1, 0.15) is 5.89 Å². The maximum atomic E-state index is 11.7. The summed E-state index contributed by atoms with van der Waals surface area (Å²) in [6, 6.07) is 5.07. The van der Waals surface area contributed by atoms with E-state index in [9.17, 15) is 12.6 Å². The number of aromatic nitrogens is 1. The van der Waals surface area contributed by atoms with Crippen molar-refractivity contribution >= 4 is 37.4 Å². The van der Waals surface area contributed by atoms with Gasteiger partial charge in [0.15, 0.2) is 5.58 Å². The third-order valence-corrected chi connectivity index (χ3v) is 4.86. The van der Waals surface area contributed by atoms with Crippen LogP contribution in [0, 0.1) is 0 Å². The van der Waals surface area contributed by atoms with Crippen molar-refractivity contribution in [2.45, 2.75) is 5.75 Å². The van der Waals surface area contributed by atoms with Crippen molar-refractivity contribution in [1.29, 1.82) is 0 Å². The fraction of sp³-hybridized carbons (Fsp3) is 0.364. The standard InChI is InChI=1S/C11H14N2O4S2/c1-19(15,16)5-4-18(14)7-11-13-9-3-2-8(12)6-10(9)17-11/h2-3,6H,4-5,7,12H2,1H3. The van der Waals surface area contributed by atoms with Crippen molar-refractivity contribution in [2.24, 2.45) is 0 Å². The summed E-state index contributed by atoms with van der Waals surface area (Å²) in [7, 11) is -4.42. The molecule has 8 heteroatoms. The molecule has 19 heavy (non-hydrogen) atoms. The first-order valence-electron chi connectivity index (χ1n) is 5.51. The van der Waals surface area contributed by atoms with Gasteiger partial charge < -0.3 is 10.2 Å². The summed E-state index contributed by atoms with van der Waals surface area (Å²) in [6.45, 7) is 0. The van der Waals surface area contributed by atoms with E-state index in [1.807, 2.05) is 0 Å². The average molecular weight is 302 g/mol. The van der Waals surface area contributed by atoms with Gasteiger partial charge in [-0.1, -0.05) is 0 Å². The Morgan fingerprint density at radius 2 is 2.16 bits per heavy atom. The predicted octanol–water partition coefficient (Wildman–Crippen LogP) is 0.703. The number of nitrogens with zero attached hydrogens (tertiary/aromatic N) is 1. The van der Waals surface area contributed by atoms with Crippen LogP contribution in [-0.4, -0.2) is 35.4 Å². The van der Waals surface area contributed by atoms with Gasteiger partial charge in [0.1, 0.15) is 21.1 Å². The number of nitrogen functional groups attached to an aromatic ring is 1. The molecule has 104 valence electrons. The topological polar surface area (TPSA) is 103 Å².